The van der Waals surface area contributed by atoms with Crippen molar-refractivity contribution < 1.29 is 10.3 Å². The van der Waals surface area contributed by atoms with Gasteiger partial charge in [0.1, 0.15) is 0 Å². The maximum absolute atomic E-state index is 9.06. The summed E-state index contributed by atoms with van der Waals surface area (Å²) >= 11 is 0. The van der Waals surface area contributed by atoms with Crippen molar-refractivity contribution >= 4 is 5.71 Å². The predicted molar refractivity (Wildman–Crippen MR) is 54.2 cm³/mol. The average Bonchev–Trinajstić information content (AvgIpc) is 1.96. The molecule has 0 rings (SSSR count). The van der Waals surface area contributed by atoms with Crippen molar-refractivity contribution in [1.29, 1.82) is 0 Å². The number of aliphatic hydroxyl groups excluding tert-OH is 1. The summed E-state index contributed by atoms with van der Waals surface area (Å²) in [5.74, 6) is 0.0997. The molecule has 0 spiro atoms. The van der Waals surface area contributed by atoms with Crippen molar-refractivity contribution in [3.8, 4) is 0 Å². The molecule has 0 radical (unpaired) electrons. The van der Waals surface area contributed by atoms with Gasteiger partial charge in [-0.1, -0.05) is 39.8 Å². The largest absolute Gasteiger partial charge is 0.515 e. The Morgan fingerprint density at radius 2 is 1.77 bits per heavy atom. The highest BCUT2D eigenvalue weighted by atomic mass is 16.4. The van der Waals surface area contributed by atoms with Gasteiger partial charge in [-0.15, -0.1) is 0 Å². The number of rotatable bonds is 2. The van der Waals surface area contributed by atoms with E-state index in [1.807, 2.05) is 34.6 Å². The lowest BCUT2D eigenvalue weighted by molar-refractivity contribution is 0.313. The first kappa shape index (κ1) is 12.0. The van der Waals surface area contributed by atoms with E-state index in [0.717, 1.165) is 6.26 Å². The Hall–Kier alpha value is -0.990. The fourth-order valence-electron chi connectivity index (χ4n) is 1.12. The number of nitrogens with zero attached hydrogens (tertiary/aromatic N) is 1. The van der Waals surface area contributed by atoms with Gasteiger partial charge in [-0.05, 0) is 11.3 Å². The summed E-state index contributed by atoms with van der Waals surface area (Å²) in [6.45, 7) is 9.72. The summed E-state index contributed by atoms with van der Waals surface area (Å²) in [6, 6.07) is 0. The second-order valence-electron chi connectivity index (χ2n) is 4.43. The summed E-state index contributed by atoms with van der Waals surface area (Å²) in [5, 5.41) is 21.1. The van der Waals surface area contributed by atoms with Crippen molar-refractivity contribution in [2.24, 2.45) is 16.5 Å². The van der Waals surface area contributed by atoms with Crippen LogP contribution in [0.25, 0.3) is 0 Å². The van der Waals surface area contributed by atoms with E-state index in [0.29, 0.717) is 11.3 Å². The van der Waals surface area contributed by atoms with Crippen LogP contribution in [0.2, 0.25) is 0 Å². The predicted octanol–water partition coefficient (Wildman–Crippen LogP) is 2.96. The molecule has 0 aromatic rings. The van der Waals surface area contributed by atoms with Gasteiger partial charge in [-0.3, -0.25) is 0 Å². The highest BCUT2D eigenvalue weighted by Crippen LogP contribution is 2.28. The zero-order valence-corrected chi connectivity index (χ0v) is 9.00. The van der Waals surface area contributed by atoms with E-state index in [1.165, 1.54) is 0 Å². The first-order chi connectivity index (χ1) is 5.84. The van der Waals surface area contributed by atoms with Crippen LogP contribution in [0.15, 0.2) is 17.0 Å². The molecule has 0 aliphatic carbocycles. The van der Waals surface area contributed by atoms with Crippen LogP contribution in [-0.4, -0.2) is 16.0 Å². The topological polar surface area (TPSA) is 52.8 Å². The Morgan fingerprint density at radius 3 is 1.85 bits per heavy atom. The van der Waals surface area contributed by atoms with E-state index in [-0.39, 0.29) is 11.3 Å². The summed E-state index contributed by atoms with van der Waals surface area (Å²) in [5.41, 5.74) is 1.00. The molecule has 13 heavy (non-hydrogen) atoms. The van der Waals surface area contributed by atoms with Crippen molar-refractivity contribution in [3.05, 3.63) is 11.8 Å². The van der Waals surface area contributed by atoms with Gasteiger partial charge in [-0.25, -0.2) is 0 Å². The Labute approximate surface area is 79.8 Å². The number of hydrogen-bond acceptors (Lipinski definition) is 3. The second kappa shape index (κ2) is 4.30. The molecule has 0 amide bonds. The van der Waals surface area contributed by atoms with E-state index in [9.17, 15) is 0 Å². The minimum Gasteiger partial charge on any atom is -0.515 e. The lowest BCUT2D eigenvalue weighted by Crippen LogP contribution is -2.22. The van der Waals surface area contributed by atoms with Gasteiger partial charge in [0.15, 0.2) is 0 Å². The lowest BCUT2D eigenvalue weighted by atomic mass is 9.81. The molecule has 2 N–H and O–H groups in total. The maximum atomic E-state index is 9.06. The van der Waals surface area contributed by atoms with Gasteiger partial charge < -0.3 is 10.3 Å². The molecule has 0 unspecified atom stereocenters. The van der Waals surface area contributed by atoms with Crippen LogP contribution in [0.4, 0.5) is 0 Å². The summed E-state index contributed by atoms with van der Waals surface area (Å²) < 4.78 is 0. The first-order valence-electron chi connectivity index (χ1n) is 4.41. The minimum absolute atomic E-state index is 0.0997. The van der Waals surface area contributed by atoms with Crippen molar-refractivity contribution in [1.82, 2.24) is 0 Å². The molecule has 0 aromatic heterocycles. The summed E-state index contributed by atoms with van der Waals surface area (Å²) in [6.07, 6.45) is 1.02. The number of oxime groups is 1. The molecular weight excluding hydrogens is 166 g/mol. The van der Waals surface area contributed by atoms with Gasteiger partial charge in [0, 0.05) is 5.57 Å². The van der Waals surface area contributed by atoms with E-state index in [1.54, 1.807) is 0 Å². The molecule has 3 heteroatoms. The second-order valence-corrected chi connectivity index (χ2v) is 4.43. The molecule has 0 bridgehead atoms. The highest BCUT2D eigenvalue weighted by molar-refractivity contribution is 6.01. The highest BCUT2D eigenvalue weighted by Gasteiger charge is 2.24. The average molecular weight is 185 g/mol. The zero-order chi connectivity index (χ0) is 10.6. The molecule has 3 nitrogen and oxygen atoms in total. The van der Waals surface area contributed by atoms with Gasteiger partial charge in [0.2, 0.25) is 0 Å². The van der Waals surface area contributed by atoms with Crippen LogP contribution in [0.1, 0.15) is 34.6 Å². The normalized spacial score (nSPS) is 15.2. The van der Waals surface area contributed by atoms with E-state index in [2.05, 4.69) is 5.16 Å². The SMILES string of the molecule is CC(C)C(=N/O)/C(=C/O)C(C)(C)C. The third-order valence-corrected chi connectivity index (χ3v) is 1.87. The Bertz CT molecular complexity index is 222. The molecule has 76 valence electrons. The quantitative estimate of drug-likeness (QED) is 0.301. The first-order valence-corrected chi connectivity index (χ1v) is 4.41. The van der Waals surface area contributed by atoms with Crippen LogP contribution in [-0.2, 0) is 0 Å². The standard InChI is InChI=1S/C10H19NO2/c1-7(2)9(11-13)8(6-12)10(3,4)5/h6-7,12-13H,1-5H3/b8-6-,11-9-. The van der Waals surface area contributed by atoms with Gasteiger partial charge >= 0.3 is 0 Å². The molecule has 0 aromatic carbocycles. The Morgan fingerprint density at radius 1 is 1.31 bits per heavy atom. The molecule has 0 saturated carbocycles. The summed E-state index contributed by atoms with van der Waals surface area (Å²) in [7, 11) is 0. The van der Waals surface area contributed by atoms with Crippen molar-refractivity contribution in [2.45, 2.75) is 34.6 Å². The molecular formula is C10H19NO2. The minimum atomic E-state index is -0.208. The number of hydrogen-bond donors (Lipinski definition) is 2. The van der Waals surface area contributed by atoms with E-state index >= 15 is 0 Å². The zero-order valence-electron chi connectivity index (χ0n) is 9.00. The van der Waals surface area contributed by atoms with Gasteiger partial charge in [0.25, 0.3) is 0 Å². The third-order valence-electron chi connectivity index (χ3n) is 1.87. The van der Waals surface area contributed by atoms with Crippen molar-refractivity contribution in [3.63, 3.8) is 0 Å². The van der Waals surface area contributed by atoms with Crippen LogP contribution < -0.4 is 0 Å². The summed E-state index contributed by atoms with van der Waals surface area (Å²) in [4.78, 5) is 0. The molecule has 0 aliphatic rings. The third kappa shape index (κ3) is 3.09. The molecule has 0 fully saturated rings. The monoisotopic (exact) mass is 185 g/mol. The maximum Gasteiger partial charge on any atom is 0.0888 e. The van der Waals surface area contributed by atoms with E-state index in [4.69, 9.17) is 10.3 Å². The lowest BCUT2D eigenvalue weighted by Gasteiger charge is -2.24. The van der Waals surface area contributed by atoms with Gasteiger partial charge in [0.05, 0.1) is 12.0 Å². The molecule has 0 saturated heterocycles. The smallest absolute Gasteiger partial charge is 0.0888 e. The number of aliphatic hydroxyl groups is 1. The van der Waals surface area contributed by atoms with E-state index < -0.39 is 0 Å². The fourth-order valence-corrected chi connectivity index (χ4v) is 1.12. The molecule has 0 heterocycles. The van der Waals surface area contributed by atoms with Crippen molar-refractivity contribution in [2.75, 3.05) is 0 Å². The van der Waals surface area contributed by atoms with Crippen LogP contribution in [0.5, 0.6) is 0 Å². The van der Waals surface area contributed by atoms with Crippen LogP contribution >= 0.6 is 0 Å². The number of allylic oxidation sites excluding steroid dienone is 1. The Balaban J connectivity index is 5.01. The molecule has 0 aliphatic heterocycles. The Kier molecular flexibility index (Phi) is 3.98. The van der Waals surface area contributed by atoms with Gasteiger partial charge in [-0.2, -0.15) is 0 Å². The van der Waals surface area contributed by atoms with Crippen LogP contribution in [0.3, 0.4) is 0 Å². The van der Waals surface area contributed by atoms with Crippen LogP contribution in [0, 0.1) is 11.3 Å². The fraction of sp³-hybridized carbons (Fsp3) is 0.700. The molecule has 0 atom stereocenters.